The van der Waals surface area contributed by atoms with Gasteiger partial charge in [0.2, 0.25) is 5.82 Å². The lowest BCUT2D eigenvalue weighted by Crippen LogP contribution is -2.00. The summed E-state index contributed by atoms with van der Waals surface area (Å²) in [6.07, 6.45) is 5.01. The number of rotatable bonds is 5. The Hall–Kier alpha value is -3.40. The van der Waals surface area contributed by atoms with Crippen molar-refractivity contribution >= 4 is 5.69 Å². The van der Waals surface area contributed by atoms with Crippen molar-refractivity contribution in [3.63, 3.8) is 0 Å². The zero-order valence-electron chi connectivity index (χ0n) is 11.6. The molecule has 0 fully saturated rings. The van der Waals surface area contributed by atoms with Crippen molar-refractivity contribution in [3.05, 3.63) is 48.8 Å². The number of H-pyrrole nitrogens is 1. The average Bonchev–Trinajstić information content (AvgIpc) is 3.23. The quantitative estimate of drug-likeness (QED) is 0.700. The fourth-order valence-corrected chi connectivity index (χ4v) is 1.94. The van der Waals surface area contributed by atoms with Crippen LogP contribution < -0.4 is 5.32 Å². The summed E-state index contributed by atoms with van der Waals surface area (Å²) in [5, 5.41) is 22.8. The zero-order chi connectivity index (χ0) is 15.4. The summed E-state index contributed by atoms with van der Waals surface area (Å²) in [6.45, 7) is 4.22. The lowest BCUT2D eigenvalue weighted by molar-refractivity contribution is 0.432. The summed E-state index contributed by atoms with van der Waals surface area (Å²) in [5.74, 6) is 0.791. The molecular formula is C15H12N6O. The molecule has 0 radical (unpaired) electrons. The molecule has 3 rings (SSSR count). The third-order valence-electron chi connectivity index (χ3n) is 3.01. The van der Waals surface area contributed by atoms with Gasteiger partial charge in [-0.05, 0) is 18.2 Å². The molecule has 0 amide bonds. The van der Waals surface area contributed by atoms with Gasteiger partial charge in [0, 0.05) is 18.3 Å². The highest BCUT2D eigenvalue weighted by Gasteiger charge is 2.13. The molecule has 0 aliphatic carbocycles. The van der Waals surface area contributed by atoms with Gasteiger partial charge in [-0.15, -0.1) is 6.58 Å². The van der Waals surface area contributed by atoms with E-state index in [1.54, 1.807) is 30.6 Å². The maximum atomic E-state index is 9.25. The molecule has 0 saturated heterocycles. The van der Waals surface area contributed by atoms with Crippen LogP contribution in [-0.2, 0) is 0 Å². The highest BCUT2D eigenvalue weighted by atomic mass is 16.5. The van der Waals surface area contributed by atoms with E-state index < -0.39 is 0 Å². The zero-order valence-corrected chi connectivity index (χ0v) is 11.6. The number of aromatic nitrogens is 4. The highest BCUT2D eigenvalue weighted by molar-refractivity contribution is 5.67. The molecule has 0 aliphatic heterocycles. The molecule has 0 saturated carbocycles. The second-order valence-corrected chi connectivity index (χ2v) is 4.45. The lowest BCUT2D eigenvalue weighted by Gasteiger charge is -2.06. The minimum atomic E-state index is 0.350. The van der Waals surface area contributed by atoms with Crippen molar-refractivity contribution in [2.24, 2.45) is 0 Å². The Bertz CT molecular complexity index is 828. The fraction of sp³-hybridized carbons (Fsp3) is 0.0667. The van der Waals surface area contributed by atoms with Crippen LogP contribution in [0, 0.1) is 11.3 Å². The molecule has 7 heteroatoms. The molecule has 22 heavy (non-hydrogen) atoms. The molecule has 2 N–H and O–H groups in total. The Morgan fingerprint density at radius 3 is 3.05 bits per heavy atom. The number of nitriles is 1. The van der Waals surface area contributed by atoms with Gasteiger partial charge >= 0.3 is 0 Å². The third kappa shape index (κ3) is 2.58. The predicted octanol–water partition coefficient (Wildman–Crippen LogP) is 2.60. The van der Waals surface area contributed by atoms with Crippen LogP contribution in [0.15, 0.2) is 47.8 Å². The van der Waals surface area contributed by atoms with Gasteiger partial charge in [0.25, 0.3) is 5.89 Å². The van der Waals surface area contributed by atoms with E-state index in [-0.39, 0.29) is 0 Å². The SMILES string of the molecule is C=CCNc1ccc(-c2nc(-c3cn[nH]c3)no2)cc1C#N. The van der Waals surface area contributed by atoms with Crippen molar-refractivity contribution < 1.29 is 4.52 Å². The first-order valence-electron chi connectivity index (χ1n) is 6.54. The predicted molar refractivity (Wildman–Crippen MR) is 80.7 cm³/mol. The summed E-state index contributed by atoms with van der Waals surface area (Å²) in [5.41, 5.74) is 2.66. The standard InChI is InChI=1S/C15H12N6O/c1-2-5-17-13-4-3-10(6-11(13)7-16)15-20-14(21-22-15)12-8-18-19-9-12/h2-4,6,8-9,17H,1,5H2,(H,18,19). The average molecular weight is 292 g/mol. The van der Waals surface area contributed by atoms with Crippen molar-refractivity contribution in [2.45, 2.75) is 0 Å². The van der Waals surface area contributed by atoms with Crippen molar-refractivity contribution in [3.8, 4) is 28.9 Å². The van der Waals surface area contributed by atoms with Crippen LogP contribution in [0.1, 0.15) is 5.56 Å². The summed E-state index contributed by atoms with van der Waals surface area (Å²) in [4.78, 5) is 4.31. The normalized spacial score (nSPS) is 10.1. The van der Waals surface area contributed by atoms with Gasteiger partial charge in [0.1, 0.15) is 6.07 Å². The third-order valence-corrected chi connectivity index (χ3v) is 3.01. The molecule has 0 spiro atoms. The molecule has 7 nitrogen and oxygen atoms in total. The maximum Gasteiger partial charge on any atom is 0.258 e. The first-order chi connectivity index (χ1) is 10.8. The molecule has 108 valence electrons. The fourth-order valence-electron chi connectivity index (χ4n) is 1.94. The molecular weight excluding hydrogens is 280 g/mol. The Kier molecular flexibility index (Phi) is 3.66. The van der Waals surface area contributed by atoms with Crippen LogP contribution in [0.5, 0.6) is 0 Å². The minimum absolute atomic E-state index is 0.350. The van der Waals surface area contributed by atoms with Gasteiger partial charge in [-0.2, -0.15) is 15.3 Å². The number of benzene rings is 1. The Morgan fingerprint density at radius 1 is 1.41 bits per heavy atom. The molecule has 0 unspecified atom stereocenters. The van der Waals surface area contributed by atoms with E-state index in [9.17, 15) is 5.26 Å². The lowest BCUT2D eigenvalue weighted by atomic mass is 10.1. The van der Waals surface area contributed by atoms with Crippen LogP contribution in [0.4, 0.5) is 5.69 Å². The van der Waals surface area contributed by atoms with Crippen LogP contribution in [0.25, 0.3) is 22.8 Å². The summed E-state index contributed by atoms with van der Waals surface area (Å²) in [7, 11) is 0. The molecule has 0 aliphatic rings. The molecule has 2 heterocycles. The van der Waals surface area contributed by atoms with Gasteiger partial charge in [0.15, 0.2) is 0 Å². The second-order valence-electron chi connectivity index (χ2n) is 4.45. The number of nitrogens with one attached hydrogen (secondary N) is 2. The maximum absolute atomic E-state index is 9.25. The first-order valence-corrected chi connectivity index (χ1v) is 6.54. The smallest absolute Gasteiger partial charge is 0.258 e. The molecule has 0 bridgehead atoms. The number of hydrogen-bond donors (Lipinski definition) is 2. The van der Waals surface area contributed by atoms with Gasteiger partial charge in [0.05, 0.1) is 23.0 Å². The van der Waals surface area contributed by atoms with E-state index in [1.807, 2.05) is 6.07 Å². The topological polar surface area (TPSA) is 103 Å². The van der Waals surface area contributed by atoms with E-state index in [2.05, 4.69) is 38.3 Å². The van der Waals surface area contributed by atoms with Gasteiger partial charge in [-0.25, -0.2) is 0 Å². The molecule has 3 aromatic rings. The van der Waals surface area contributed by atoms with Crippen LogP contribution in [-0.4, -0.2) is 26.9 Å². The van der Waals surface area contributed by atoms with Crippen molar-refractivity contribution in [2.75, 3.05) is 11.9 Å². The number of hydrogen-bond acceptors (Lipinski definition) is 6. The van der Waals surface area contributed by atoms with Gasteiger partial charge in [-0.1, -0.05) is 11.2 Å². The Labute approximate surface area is 126 Å². The van der Waals surface area contributed by atoms with E-state index in [1.165, 1.54) is 0 Å². The largest absolute Gasteiger partial charge is 0.381 e. The summed E-state index contributed by atoms with van der Waals surface area (Å²) < 4.78 is 5.25. The molecule has 1 aromatic carbocycles. The number of aromatic amines is 1. The van der Waals surface area contributed by atoms with Crippen molar-refractivity contribution in [1.82, 2.24) is 20.3 Å². The van der Waals surface area contributed by atoms with Crippen LogP contribution in [0.3, 0.4) is 0 Å². The first kappa shape index (κ1) is 13.6. The molecule has 0 atom stereocenters. The van der Waals surface area contributed by atoms with E-state index in [0.717, 1.165) is 11.3 Å². The minimum Gasteiger partial charge on any atom is -0.381 e. The van der Waals surface area contributed by atoms with Gasteiger partial charge < -0.3 is 9.84 Å². The van der Waals surface area contributed by atoms with E-state index in [4.69, 9.17) is 4.52 Å². The van der Waals surface area contributed by atoms with Crippen molar-refractivity contribution in [1.29, 1.82) is 5.26 Å². The monoisotopic (exact) mass is 292 g/mol. The summed E-state index contributed by atoms with van der Waals surface area (Å²) >= 11 is 0. The summed E-state index contributed by atoms with van der Waals surface area (Å²) in [6, 6.07) is 7.48. The van der Waals surface area contributed by atoms with Crippen LogP contribution in [0.2, 0.25) is 0 Å². The van der Waals surface area contributed by atoms with E-state index in [0.29, 0.717) is 29.4 Å². The Morgan fingerprint density at radius 2 is 2.32 bits per heavy atom. The van der Waals surface area contributed by atoms with Gasteiger partial charge in [-0.3, -0.25) is 5.10 Å². The Balaban J connectivity index is 1.92. The molecule has 2 aromatic heterocycles. The highest BCUT2D eigenvalue weighted by Crippen LogP contribution is 2.25. The van der Waals surface area contributed by atoms with E-state index >= 15 is 0 Å². The second kappa shape index (κ2) is 5.93. The number of anilines is 1. The van der Waals surface area contributed by atoms with Crippen LogP contribution >= 0.6 is 0 Å². The number of nitrogens with zero attached hydrogens (tertiary/aromatic N) is 4.